The molecule has 2 saturated heterocycles. The molecule has 6 heteroatoms. The monoisotopic (exact) mass is 302 g/mol. The first-order valence-corrected chi connectivity index (χ1v) is 7.27. The van der Waals surface area contributed by atoms with Gasteiger partial charge < -0.3 is 29.2 Å². The lowest BCUT2D eigenvalue weighted by atomic mass is 10.0. The van der Waals surface area contributed by atoms with Gasteiger partial charge in [0.2, 0.25) is 0 Å². The fraction of sp³-hybridized carbons (Fsp3) is 0.867. The van der Waals surface area contributed by atoms with Crippen LogP contribution in [0, 0.1) is 0 Å². The van der Waals surface area contributed by atoms with Gasteiger partial charge in [0.05, 0.1) is 12.2 Å². The summed E-state index contributed by atoms with van der Waals surface area (Å²) in [4.78, 5) is 0. The standard InChI is InChI=1S/C15H26O6/c1-6-7-14(2,3)18-8-9(16)11-10(17)12-13(19-11)21-15(4,5)20-12/h6,9-13,16-17H,1,7-8H2,2-5H3/t9-,10+,11-,12-,13-/m1/s1. The van der Waals surface area contributed by atoms with Crippen LogP contribution in [0.4, 0.5) is 0 Å². The van der Waals surface area contributed by atoms with Crippen molar-refractivity contribution in [3.63, 3.8) is 0 Å². The molecule has 122 valence electrons. The summed E-state index contributed by atoms with van der Waals surface area (Å²) in [5.41, 5.74) is -0.419. The van der Waals surface area contributed by atoms with E-state index in [1.807, 2.05) is 13.8 Å². The van der Waals surface area contributed by atoms with Gasteiger partial charge in [0, 0.05) is 0 Å². The van der Waals surface area contributed by atoms with E-state index >= 15 is 0 Å². The van der Waals surface area contributed by atoms with Crippen LogP contribution in [-0.2, 0) is 18.9 Å². The highest BCUT2D eigenvalue weighted by atomic mass is 16.8. The van der Waals surface area contributed by atoms with Crippen molar-refractivity contribution < 1.29 is 29.2 Å². The highest BCUT2D eigenvalue weighted by Gasteiger charge is 2.55. The first kappa shape index (κ1) is 16.9. The van der Waals surface area contributed by atoms with E-state index in [1.54, 1.807) is 19.9 Å². The zero-order valence-corrected chi connectivity index (χ0v) is 13.1. The maximum absolute atomic E-state index is 10.2. The summed E-state index contributed by atoms with van der Waals surface area (Å²) < 4.78 is 22.4. The summed E-state index contributed by atoms with van der Waals surface area (Å²) in [6.07, 6.45) is -1.49. The smallest absolute Gasteiger partial charge is 0.190 e. The SMILES string of the molecule is C=CCC(C)(C)OC[C@@H](O)[C@H]1O[C@@H]2OC(C)(C)O[C@@H]2[C@H]1O. The zero-order chi connectivity index (χ0) is 15.8. The third-order valence-corrected chi connectivity index (χ3v) is 3.71. The van der Waals surface area contributed by atoms with Gasteiger partial charge in [0.1, 0.15) is 24.4 Å². The molecule has 0 aromatic carbocycles. The van der Waals surface area contributed by atoms with Gasteiger partial charge in [0.25, 0.3) is 0 Å². The molecule has 2 fully saturated rings. The molecule has 0 amide bonds. The highest BCUT2D eigenvalue weighted by molar-refractivity contribution is 4.96. The second-order valence-corrected chi connectivity index (χ2v) is 6.69. The number of aliphatic hydroxyl groups is 2. The van der Waals surface area contributed by atoms with Crippen molar-refractivity contribution in [3.8, 4) is 0 Å². The maximum Gasteiger partial charge on any atom is 0.190 e. The minimum atomic E-state index is -0.954. The van der Waals surface area contributed by atoms with E-state index in [0.717, 1.165) is 0 Å². The van der Waals surface area contributed by atoms with Gasteiger partial charge in [-0.2, -0.15) is 0 Å². The molecule has 0 aromatic heterocycles. The van der Waals surface area contributed by atoms with Crippen molar-refractivity contribution in [1.29, 1.82) is 0 Å². The molecule has 0 unspecified atom stereocenters. The second kappa shape index (κ2) is 5.95. The van der Waals surface area contributed by atoms with Crippen LogP contribution < -0.4 is 0 Å². The Balaban J connectivity index is 1.88. The molecule has 0 aromatic rings. The minimum absolute atomic E-state index is 0.0609. The van der Waals surface area contributed by atoms with Crippen LogP contribution in [0.25, 0.3) is 0 Å². The Morgan fingerprint density at radius 1 is 1.38 bits per heavy atom. The summed E-state index contributed by atoms with van der Waals surface area (Å²) in [5, 5.41) is 20.4. The summed E-state index contributed by atoms with van der Waals surface area (Å²) in [7, 11) is 0. The molecular weight excluding hydrogens is 276 g/mol. The zero-order valence-electron chi connectivity index (χ0n) is 13.1. The molecule has 2 N–H and O–H groups in total. The van der Waals surface area contributed by atoms with Crippen LogP contribution >= 0.6 is 0 Å². The van der Waals surface area contributed by atoms with Crippen molar-refractivity contribution >= 4 is 0 Å². The van der Waals surface area contributed by atoms with E-state index in [1.165, 1.54) is 0 Å². The molecule has 21 heavy (non-hydrogen) atoms. The first-order valence-electron chi connectivity index (χ1n) is 7.27. The maximum atomic E-state index is 10.2. The van der Waals surface area contributed by atoms with E-state index < -0.39 is 42.1 Å². The molecule has 2 rings (SSSR count). The molecule has 2 heterocycles. The number of ether oxygens (including phenoxy) is 4. The molecular formula is C15H26O6. The van der Waals surface area contributed by atoms with Gasteiger partial charge in [-0.25, -0.2) is 0 Å². The van der Waals surface area contributed by atoms with Crippen LogP contribution in [-0.4, -0.2) is 58.9 Å². The van der Waals surface area contributed by atoms with Crippen LogP contribution in [0.5, 0.6) is 0 Å². The van der Waals surface area contributed by atoms with E-state index in [2.05, 4.69) is 6.58 Å². The Hall–Kier alpha value is -0.500. The predicted octanol–water partition coefficient (Wildman–Crippen LogP) is 0.956. The molecule has 6 nitrogen and oxygen atoms in total. The lowest BCUT2D eigenvalue weighted by Gasteiger charge is -2.29. The van der Waals surface area contributed by atoms with E-state index in [4.69, 9.17) is 18.9 Å². The minimum Gasteiger partial charge on any atom is -0.388 e. The summed E-state index contributed by atoms with van der Waals surface area (Å²) in [6.45, 7) is 11.1. The van der Waals surface area contributed by atoms with Crippen molar-refractivity contribution in [3.05, 3.63) is 12.7 Å². The first-order chi connectivity index (χ1) is 9.65. The van der Waals surface area contributed by atoms with Crippen molar-refractivity contribution in [2.24, 2.45) is 0 Å². The largest absolute Gasteiger partial charge is 0.388 e. The Kier molecular flexibility index (Phi) is 4.78. The summed E-state index contributed by atoms with van der Waals surface area (Å²) in [5.74, 6) is -0.783. The Labute approximate surface area is 125 Å². The number of hydrogen-bond donors (Lipinski definition) is 2. The van der Waals surface area contributed by atoms with Gasteiger partial charge in [-0.3, -0.25) is 0 Å². The van der Waals surface area contributed by atoms with Gasteiger partial charge in [-0.1, -0.05) is 6.08 Å². The second-order valence-electron chi connectivity index (χ2n) is 6.69. The molecule has 0 radical (unpaired) electrons. The molecule has 2 aliphatic heterocycles. The van der Waals surface area contributed by atoms with E-state index in [-0.39, 0.29) is 6.61 Å². The van der Waals surface area contributed by atoms with Crippen LogP contribution in [0.15, 0.2) is 12.7 Å². The number of aliphatic hydroxyl groups excluding tert-OH is 2. The Morgan fingerprint density at radius 2 is 2.05 bits per heavy atom. The third-order valence-electron chi connectivity index (χ3n) is 3.71. The van der Waals surface area contributed by atoms with Gasteiger partial charge in [-0.05, 0) is 34.1 Å². The van der Waals surface area contributed by atoms with Gasteiger partial charge in [0.15, 0.2) is 12.1 Å². The van der Waals surface area contributed by atoms with Crippen LogP contribution in [0.3, 0.4) is 0 Å². The molecule has 0 aliphatic carbocycles. The van der Waals surface area contributed by atoms with Crippen LogP contribution in [0.2, 0.25) is 0 Å². The van der Waals surface area contributed by atoms with Crippen molar-refractivity contribution in [2.45, 2.75) is 76.2 Å². The normalized spacial score (nSPS) is 36.5. The lowest BCUT2D eigenvalue weighted by molar-refractivity contribution is -0.230. The molecule has 0 bridgehead atoms. The van der Waals surface area contributed by atoms with Crippen LogP contribution in [0.1, 0.15) is 34.1 Å². The molecule has 0 saturated carbocycles. The Morgan fingerprint density at radius 3 is 2.62 bits per heavy atom. The van der Waals surface area contributed by atoms with Crippen molar-refractivity contribution in [2.75, 3.05) is 6.61 Å². The summed E-state index contributed by atoms with van der Waals surface area (Å²) in [6, 6.07) is 0. The number of rotatable bonds is 6. The highest BCUT2D eigenvalue weighted by Crippen LogP contribution is 2.38. The predicted molar refractivity (Wildman–Crippen MR) is 75.6 cm³/mol. The average Bonchev–Trinajstić information content (AvgIpc) is 2.81. The number of fused-ring (bicyclic) bond motifs is 1. The third kappa shape index (κ3) is 3.83. The van der Waals surface area contributed by atoms with E-state index in [0.29, 0.717) is 6.42 Å². The average molecular weight is 302 g/mol. The van der Waals surface area contributed by atoms with E-state index in [9.17, 15) is 10.2 Å². The Bertz CT molecular complexity index is 380. The molecule has 2 aliphatic rings. The topological polar surface area (TPSA) is 77.4 Å². The molecule has 5 atom stereocenters. The summed E-state index contributed by atoms with van der Waals surface area (Å²) >= 11 is 0. The van der Waals surface area contributed by atoms with Gasteiger partial charge in [-0.15, -0.1) is 6.58 Å². The fourth-order valence-electron chi connectivity index (χ4n) is 2.65. The van der Waals surface area contributed by atoms with Gasteiger partial charge >= 0.3 is 0 Å². The quantitative estimate of drug-likeness (QED) is 0.712. The molecule has 0 spiro atoms. The van der Waals surface area contributed by atoms with Crippen molar-refractivity contribution in [1.82, 2.24) is 0 Å². The number of hydrogen-bond acceptors (Lipinski definition) is 6. The fourth-order valence-corrected chi connectivity index (χ4v) is 2.65. The lowest BCUT2D eigenvalue weighted by Crippen LogP contribution is -2.44.